The quantitative estimate of drug-likeness (QED) is 0.801. The predicted octanol–water partition coefficient (Wildman–Crippen LogP) is 1.94. The molecule has 1 fully saturated rings. The summed E-state index contributed by atoms with van der Waals surface area (Å²) in [5.74, 6) is 3.55. The van der Waals surface area contributed by atoms with Gasteiger partial charge in [0.25, 0.3) is 0 Å². The van der Waals surface area contributed by atoms with E-state index >= 15 is 0 Å². The fraction of sp³-hybridized carbons (Fsp3) is 0.467. The Hall–Kier alpha value is -2.06. The van der Waals surface area contributed by atoms with Crippen LogP contribution in [0.15, 0.2) is 12.1 Å². The smallest absolute Gasteiger partial charge is 0.219 e. The van der Waals surface area contributed by atoms with Crippen molar-refractivity contribution < 1.29 is 9.47 Å². The first-order valence-electron chi connectivity index (χ1n) is 6.79. The second-order valence-electron chi connectivity index (χ2n) is 4.95. The zero-order chi connectivity index (χ0) is 13.9. The maximum Gasteiger partial charge on any atom is 0.219 e. The highest BCUT2D eigenvalue weighted by molar-refractivity contribution is 5.44. The lowest BCUT2D eigenvalue weighted by molar-refractivity contribution is 0.0844. The van der Waals surface area contributed by atoms with Crippen molar-refractivity contribution in [2.24, 2.45) is 0 Å². The van der Waals surface area contributed by atoms with Crippen molar-refractivity contribution in [3.63, 3.8) is 0 Å². The van der Waals surface area contributed by atoms with Gasteiger partial charge in [0.1, 0.15) is 0 Å². The molecular weight excluding hydrogens is 254 g/mol. The lowest BCUT2D eigenvalue weighted by Crippen LogP contribution is -2.14. The van der Waals surface area contributed by atoms with Gasteiger partial charge in [-0.3, -0.25) is 0 Å². The second kappa shape index (κ2) is 5.51. The van der Waals surface area contributed by atoms with Crippen LogP contribution in [-0.2, 0) is 4.74 Å². The van der Waals surface area contributed by atoms with Gasteiger partial charge in [-0.15, -0.1) is 6.42 Å². The van der Waals surface area contributed by atoms with E-state index in [0.29, 0.717) is 11.8 Å². The minimum Gasteiger partial charge on any atom is -0.464 e. The first-order valence-corrected chi connectivity index (χ1v) is 6.79. The summed E-state index contributed by atoms with van der Waals surface area (Å²) in [7, 11) is 0. The number of nitrogens with zero attached hydrogens (tertiary/aromatic N) is 3. The Labute approximate surface area is 117 Å². The monoisotopic (exact) mass is 271 g/mol. The SMILES string of the molecule is C#CCOc1cc(C)nc2cc(C3CCOCC3)nn12. The molecule has 0 bridgehead atoms. The van der Waals surface area contributed by atoms with Gasteiger partial charge in [0.15, 0.2) is 12.3 Å². The number of aromatic nitrogens is 3. The molecule has 1 aliphatic rings. The minimum absolute atomic E-state index is 0.227. The summed E-state index contributed by atoms with van der Waals surface area (Å²) in [5, 5.41) is 4.64. The van der Waals surface area contributed by atoms with Gasteiger partial charge in [0, 0.05) is 37.0 Å². The average molecular weight is 271 g/mol. The topological polar surface area (TPSA) is 48.7 Å². The third-order valence-electron chi connectivity index (χ3n) is 3.48. The van der Waals surface area contributed by atoms with Crippen molar-refractivity contribution in [2.75, 3.05) is 19.8 Å². The molecule has 0 spiro atoms. The Bertz CT molecular complexity index is 651. The summed E-state index contributed by atoms with van der Waals surface area (Å²) >= 11 is 0. The molecule has 0 aliphatic carbocycles. The lowest BCUT2D eigenvalue weighted by Gasteiger charge is -2.19. The van der Waals surface area contributed by atoms with Gasteiger partial charge in [-0.2, -0.15) is 9.61 Å². The number of terminal acetylenes is 1. The Morgan fingerprint density at radius 2 is 2.25 bits per heavy atom. The summed E-state index contributed by atoms with van der Waals surface area (Å²) < 4.78 is 12.7. The average Bonchev–Trinajstić information content (AvgIpc) is 2.89. The predicted molar refractivity (Wildman–Crippen MR) is 74.8 cm³/mol. The van der Waals surface area contributed by atoms with E-state index in [0.717, 1.165) is 43.1 Å². The van der Waals surface area contributed by atoms with Crippen LogP contribution in [-0.4, -0.2) is 34.4 Å². The largest absolute Gasteiger partial charge is 0.464 e. The van der Waals surface area contributed by atoms with Crippen molar-refractivity contribution in [2.45, 2.75) is 25.7 Å². The molecule has 0 atom stereocenters. The van der Waals surface area contributed by atoms with Crippen LogP contribution in [0.1, 0.15) is 30.1 Å². The molecule has 0 radical (unpaired) electrons. The number of fused-ring (bicyclic) bond motifs is 1. The van der Waals surface area contributed by atoms with Gasteiger partial charge in [-0.25, -0.2) is 4.98 Å². The maximum atomic E-state index is 5.55. The van der Waals surface area contributed by atoms with Crippen molar-refractivity contribution in [1.82, 2.24) is 14.6 Å². The Morgan fingerprint density at radius 1 is 1.45 bits per heavy atom. The van der Waals surface area contributed by atoms with E-state index < -0.39 is 0 Å². The maximum absolute atomic E-state index is 5.55. The van der Waals surface area contributed by atoms with Crippen LogP contribution < -0.4 is 4.74 Å². The van der Waals surface area contributed by atoms with Crippen LogP contribution in [0.5, 0.6) is 5.88 Å². The van der Waals surface area contributed by atoms with Crippen molar-refractivity contribution in [1.29, 1.82) is 0 Å². The molecule has 0 aromatic carbocycles. The van der Waals surface area contributed by atoms with Gasteiger partial charge < -0.3 is 9.47 Å². The van der Waals surface area contributed by atoms with Crippen LogP contribution in [0, 0.1) is 19.3 Å². The van der Waals surface area contributed by atoms with Crippen LogP contribution in [0.2, 0.25) is 0 Å². The van der Waals surface area contributed by atoms with Gasteiger partial charge in [0.05, 0.1) is 5.69 Å². The number of aryl methyl sites for hydroxylation is 1. The molecular formula is C15H17N3O2. The first-order chi connectivity index (χ1) is 9.78. The van der Waals surface area contributed by atoms with Crippen molar-refractivity contribution in [3.8, 4) is 18.2 Å². The van der Waals surface area contributed by atoms with Crippen LogP contribution in [0.25, 0.3) is 5.65 Å². The van der Waals surface area contributed by atoms with E-state index in [1.165, 1.54) is 0 Å². The minimum atomic E-state index is 0.227. The summed E-state index contributed by atoms with van der Waals surface area (Å²) in [6.07, 6.45) is 7.25. The highest BCUT2D eigenvalue weighted by atomic mass is 16.5. The van der Waals surface area contributed by atoms with Gasteiger partial charge >= 0.3 is 0 Å². The summed E-state index contributed by atoms with van der Waals surface area (Å²) in [5.41, 5.74) is 2.75. The van der Waals surface area contributed by atoms with Crippen LogP contribution in [0.3, 0.4) is 0 Å². The zero-order valence-electron chi connectivity index (χ0n) is 11.5. The van der Waals surface area contributed by atoms with E-state index in [-0.39, 0.29) is 6.61 Å². The number of rotatable bonds is 3. The number of ether oxygens (including phenoxy) is 2. The van der Waals surface area contributed by atoms with E-state index in [2.05, 4.69) is 16.0 Å². The third-order valence-corrected chi connectivity index (χ3v) is 3.48. The Balaban J connectivity index is 1.98. The molecule has 3 rings (SSSR count). The van der Waals surface area contributed by atoms with E-state index in [1.54, 1.807) is 4.52 Å². The lowest BCUT2D eigenvalue weighted by atomic mass is 9.97. The summed E-state index contributed by atoms with van der Waals surface area (Å²) in [6, 6.07) is 3.89. The zero-order valence-corrected chi connectivity index (χ0v) is 11.5. The number of hydrogen-bond donors (Lipinski definition) is 0. The van der Waals surface area contributed by atoms with Crippen molar-refractivity contribution in [3.05, 3.63) is 23.5 Å². The molecule has 20 heavy (non-hydrogen) atoms. The van der Waals surface area contributed by atoms with E-state index in [9.17, 15) is 0 Å². The second-order valence-corrected chi connectivity index (χ2v) is 4.95. The summed E-state index contributed by atoms with van der Waals surface area (Å²) in [4.78, 5) is 4.50. The van der Waals surface area contributed by atoms with Gasteiger partial charge in [-0.05, 0) is 19.8 Å². The fourth-order valence-electron chi connectivity index (χ4n) is 2.49. The molecule has 3 heterocycles. The normalized spacial score (nSPS) is 16.2. The third kappa shape index (κ3) is 2.47. The van der Waals surface area contributed by atoms with Gasteiger partial charge in [0.2, 0.25) is 5.88 Å². The first kappa shape index (κ1) is 12.9. The highest BCUT2D eigenvalue weighted by Crippen LogP contribution is 2.27. The van der Waals surface area contributed by atoms with Crippen LogP contribution in [0.4, 0.5) is 0 Å². The van der Waals surface area contributed by atoms with Gasteiger partial charge in [-0.1, -0.05) is 5.92 Å². The summed E-state index contributed by atoms with van der Waals surface area (Å²) in [6.45, 7) is 3.76. The van der Waals surface area contributed by atoms with E-state index in [1.807, 2.05) is 19.1 Å². The molecule has 2 aromatic heterocycles. The Kier molecular flexibility index (Phi) is 3.57. The molecule has 0 N–H and O–H groups in total. The number of hydrogen-bond acceptors (Lipinski definition) is 4. The molecule has 1 saturated heterocycles. The fourth-order valence-corrected chi connectivity index (χ4v) is 2.49. The molecule has 2 aromatic rings. The molecule has 0 amide bonds. The standard InChI is InChI=1S/C15H17N3O2/c1-3-6-20-15-9-11(2)16-14-10-13(17-18(14)15)12-4-7-19-8-5-12/h1,9-10,12H,4-8H2,2H3. The Morgan fingerprint density at radius 3 is 3.00 bits per heavy atom. The van der Waals surface area contributed by atoms with Crippen molar-refractivity contribution >= 4 is 5.65 Å². The molecule has 0 saturated carbocycles. The van der Waals surface area contributed by atoms with E-state index in [4.69, 9.17) is 15.9 Å². The molecule has 5 nitrogen and oxygen atoms in total. The molecule has 104 valence electrons. The van der Waals surface area contributed by atoms with Crippen LogP contribution >= 0.6 is 0 Å². The molecule has 5 heteroatoms. The molecule has 0 unspecified atom stereocenters. The molecule has 1 aliphatic heterocycles. The highest BCUT2D eigenvalue weighted by Gasteiger charge is 2.20.